The van der Waals surface area contributed by atoms with Crippen LogP contribution in [0.25, 0.3) is 0 Å². The second-order valence-corrected chi connectivity index (χ2v) is 7.17. The van der Waals surface area contributed by atoms with E-state index in [1.165, 1.54) is 42.1 Å². The fraction of sp³-hybridized carbons (Fsp3) is 0.500. The maximum atomic E-state index is 11.4. The summed E-state index contributed by atoms with van der Waals surface area (Å²) in [5, 5.41) is 0. The molecule has 1 aliphatic carbocycles. The van der Waals surface area contributed by atoms with Crippen molar-refractivity contribution in [2.24, 2.45) is 5.41 Å². The summed E-state index contributed by atoms with van der Waals surface area (Å²) < 4.78 is 4.89. The fourth-order valence-corrected chi connectivity index (χ4v) is 3.05. The molecular formula is C22H32O2. The van der Waals surface area contributed by atoms with Crippen LogP contribution in [0, 0.1) is 5.41 Å². The molecule has 2 heteroatoms. The Morgan fingerprint density at radius 1 is 1.21 bits per heavy atom. The standard InChI is InChI=1S/C22H32O2/c1-7-24-21(23)16-18(3)11-8-10-17(2)13-14-20-19(4)12-9-15-22(20,5)6/h8,10-11,13-14,16H,7,9,12,15H2,1-6H3/b11-8?,14-13?,17-10-,18-16?. The van der Waals surface area contributed by atoms with Crippen molar-refractivity contribution in [1.29, 1.82) is 0 Å². The number of hydrogen-bond donors (Lipinski definition) is 0. The van der Waals surface area contributed by atoms with E-state index in [0.29, 0.717) is 6.61 Å². The molecule has 0 radical (unpaired) electrons. The van der Waals surface area contributed by atoms with Crippen LogP contribution >= 0.6 is 0 Å². The molecule has 0 aromatic rings. The van der Waals surface area contributed by atoms with Gasteiger partial charge in [0.25, 0.3) is 0 Å². The number of ether oxygens (including phenoxy) is 1. The molecule has 2 nitrogen and oxygen atoms in total. The Hall–Kier alpha value is -1.83. The minimum atomic E-state index is -0.290. The Labute approximate surface area is 147 Å². The predicted molar refractivity (Wildman–Crippen MR) is 103 cm³/mol. The first kappa shape index (κ1) is 20.2. The van der Waals surface area contributed by atoms with Crippen LogP contribution < -0.4 is 0 Å². The first-order valence-corrected chi connectivity index (χ1v) is 8.84. The summed E-state index contributed by atoms with van der Waals surface area (Å²) in [7, 11) is 0. The zero-order chi connectivity index (χ0) is 18.2. The minimum absolute atomic E-state index is 0.272. The zero-order valence-electron chi connectivity index (χ0n) is 16.1. The summed E-state index contributed by atoms with van der Waals surface area (Å²) in [5.41, 5.74) is 5.33. The van der Waals surface area contributed by atoms with E-state index in [1.807, 2.05) is 19.1 Å². The lowest BCUT2D eigenvalue weighted by Crippen LogP contribution is -2.19. The van der Waals surface area contributed by atoms with Gasteiger partial charge in [0.1, 0.15) is 0 Å². The first-order valence-electron chi connectivity index (χ1n) is 8.84. The monoisotopic (exact) mass is 328 g/mol. The number of allylic oxidation sites excluding steroid dienone is 9. The van der Waals surface area contributed by atoms with Gasteiger partial charge >= 0.3 is 5.97 Å². The van der Waals surface area contributed by atoms with Crippen LogP contribution in [0.15, 0.2) is 58.7 Å². The van der Waals surface area contributed by atoms with Crippen LogP contribution in [0.1, 0.15) is 60.8 Å². The maximum Gasteiger partial charge on any atom is 0.330 e. The molecule has 0 atom stereocenters. The van der Waals surface area contributed by atoms with E-state index in [9.17, 15) is 4.79 Å². The number of rotatable bonds is 6. The van der Waals surface area contributed by atoms with Gasteiger partial charge in [-0.3, -0.25) is 0 Å². The molecule has 0 bridgehead atoms. The predicted octanol–water partition coefficient (Wildman–Crippen LogP) is 6.08. The van der Waals surface area contributed by atoms with Crippen molar-refractivity contribution in [3.8, 4) is 0 Å². The second kappa shape index (κ2) is 9.46. The molecule has 0 unspecified atom stereocenters. The summed E-state index contributed by atoms with van der Waals surface area (Å²) in [4.78, 5) is 11.4. The molecule has 24 heavy (non-hydrogen) atoms. The van der Waals surface area contributed by atoms with Gasteiger partial charge in [0, 0.05) is 6.08 Å². The first-order chi connectivity index (χ1) is 11.3. The van der Waals surface area contributed by atoms with Gasteiger partial charge in [0.2, 0.25) is 0 Å². The van der Waals surface area contributed by atoms with Crippen molar-refractivity contribution in [3.63, 3.8) is 0 Å². The van der Waals surface area contributed by atoms with Crippen molar-refractivity contribution >= 4 is 5.97 Å². The molecule has 0 aliphatic heterocycles. The van der Waals surface area contributed by atoms with E-state index in [4.69, 9.17) is 4.74 Å². The second-order valence-electron chi connectivity index (χ2n) is 7.17. The SMILES string of the molecule is CCOC(=O)C=C(C)C=C/C=C(/C)C=CC1=C(C)CCCC1(C)C. The lowest BCUT2D eigenvalue weighted by Gasteiger charge is -2.32. The van der Waals surface area contributed by atoms with E-state index in [0.717, 1.165) is 5.57 Å². The van der Waals surface area contributed by atoms with Gasteiger partial charge in [-0.25, -0.2) is 4.79 Å². The molecule has 132 valence electrons. The van der Waals surface area contributed by atoms with Crippen molar-refractivity contribution < 1.29 is 9.53 Å². The maximum absolute atomic E-state index is 11.4. The lowest BCUT2D eigenvalue weighted by molar-refractivity contribution is -0.137. The molecule has 0 aromatic carbocycles. The Balaban J connectivity index is 2.73. The molecule has 0 fully saturated rings. The van der Waals surface area contributed by atoms with E-state index >= 15 is 0 Å². The summed E-state index contributed by atoms with van der Waals surface area (Å²) in [6, 6.07) is 0. The summed E-state index contributed by atoms with van der Waals surface area (Å²) in [5.74, 6) is -0.290. The fourth-order valence-electron chi connectivity index (χ4n) is 3.05. The largest absolute Gasteiger partial charge is 0.463 e. The molecule has 1 rings (SSSR count). The van der Waals surface area contributed by atoms with Crippen molar-refractivity contribution in [2.75, 3.05) is 6.61 Å². The molecule has 0 amide bonds. The quantitative estimate of drug-likeness (QED) is 0.335. The van der Waals surface area contributed by atoms with Gasteiger partial charge in [-0.2, -0.15) is 0 Å². The van der Waals surface area contributed by atoms with Crippen LogP contribution in [0.3, 0.4) is 0 Å². The highest BCUT2D eigenvalue weighted by atomic mass is 16.5. The molecule has 1 aliphatic rings. The summed E-state index contributed by atoms with van der Waals surface area (Å²) in [6.45, 7) is 13.1. The Morgan fingerprint density at radius 2 is 1.92 bits per heavy atom. The third-order valence-corrected chi connectivity index (χ3v) is 4.41. The van der Waals surface area contributed by atoms with Gasteiger partial charge in [-0.15, -0.1) is 0 Å². The molecule has 0 N–H and O–H groups in total. The highest BCUT2D eigenvalue weighted by molar-refractivity contribution is 5.83. The molecular weight excluding hydrogens is 296 g/mol. The number of hydrogen-bond acceptors (Lipinski definition) is 2. The van der Waals surface area contributed by atoms with Gasteiger partial charge in [0.05, 0.1) is 6.61 Å². The molecule has 0 spiro atoms. The van der Waals surface area contributed by atoms with Crippen molar-refractivity contribution in [1.82, 2.24) is 0 Å². The molecule has 0 aromatic heterocycles. The average molecular weight is 328 g/mol. The number of carbonyl (C=O) groups excluding carboxylic acids is 1. The molecule has 0 saturated heterocycles. The number of carbonyl (C=O) groups is 1. The van der Waals surface area contributed by atoms with Crippen molar-refractivity contribution in [3.05, 3.63) is 58.7 Å². The molecule has 0 heterocycles. The Morgan fingerprint density at radius 3 is 2.54 bits per heavy atom. The lowest BCUT2D eigenvalue weighted by atomic mass is 9.72. The normalized spacial score (nSPS) is 19.4. The highest BCUT2D eigenvalue weighted by Gasteiger charge is 2.26. The average Bonchev–Trinajstić information content (AvgIpc) is 2.46. The minimum Gasteiger partial charge on any atom is -0.463 e. The van der Waals surface area contributed by atoms with Gasteiger partial charge in [-0.05, 0) is 63.5 Å². The third-order valence-electron chi connectivity index (χ3n) is 4.41. The van der Waals surface area contributed by atoms with Crippen LogP contribution in [0.4, 0.5) is 0 Å². The van der Waals surface area contributed by atoms with Gasteiger partial charge in [-0.1, -0.05) is 55.4 Å². The topological polar surface area (TPSA) is 26.3 Å². The van der Waals surface area contributed by atoms with Crippen molar-refractivity contribution in [2.45, 2.75) is 60.8 Å². The van der Waals surface area contributed by atoms with E-state index in [-0.39, 0.29) is 11.4 Å². The smallest absolute Gasteiger partial charge is 0.330 e. The van der Waals surface area contributed by atoms with Crippen LogP contribution in [-0.2, 0) is 9.53 Å². The molecule has 0 saturated carbocycles. The van der Waals surface area contributed by atoms with E-state index < -0.39 is 0 Å². The zero-order valence-corrected chi connectivity index (χ0v) is 16.1. The van der Waals surface area contributed by atoms with Crippen LogP contribution in [-0.4, -0.2) is 12.6 Å². The van der Waals surface area contributed by atoms with Gasteiger partial charge < -0.3 is 4.74 Å². The number of esters is 1. The van der Waals surface area contributed by atoms with Gasteiger partial charge in [0.15, 0.2) is 0 Å². The summed E-state index contributed by atoms with van der Waals surface area (Å²) >= 11 is 0. The third kappa shape index (κ3) is 6.74. The van der Waals surface area contributed by atoms with E-state index in [1.54, 1.807) is 6.92 Å². The Kier molecular flexibility index (Phi) is 7.97. The van der Waals surface area contributed by atoms with Crippen LogP contribution in [0.5, 0.6) is 0 Å². The highest BCUT2D eigenvalue weighted by Crippen LogP contribution is 2.40. The van der Waals surface area contributed by atoms with Crippen LogP contribution in [0.2, 0.25) is 0 Å². The Bertz CT molecular complexity index is 595. The van der Waals surface area contributed by atoms with E-state index in [2.05, 4.69) is 45.9 Å². The summed E-state index contributed by atoms with van der Waals surface area (Å²) in [6.07, 6.45) is 15.7.